The second-order valence-corrected chi connectivity index (χ2v) is 16.9. The summed E-state index contributed by atoms with van der Waals surface area (Å²) in [4.78, 5) is 2.48. The minimum atomic E-state index is 0.174. The Labute approximate surface area is 323 Å². The number of hydrogen-bond acceptors (Lipinski definition) is 1. The van der Waals surface area contributed by atoms with Crippen LogP contribution in [-0.2, 0) is 5.41 Å². The lowest BCUT2D eigenvalue weighted by molar-refractivity contribution is -0.0399. The molecule has 0 radical (unpaired) electrons. The predicted molar refractivity (Wildman–Crippen MR) is 230 cm³/mol. The highest BCUT2D eigenvalue weighted by Crippen LogP contribution is 2.69. The summed E-state index contributed by atoms with van der Waals surface area (Å²) < 4.78 is 0. The van der Waals surface area contributed by atoms with Gasteiger partial charge in [0.2, 0.25) is 0 Å². The number of anilines is 3. The van der Waals surface area contributed by atoms with E-state index in [0.29, 0.717) is 0 Å². The predicted octanol–water partition coefficient (Wildman–Crippen LogP) is 14.5. The molecule has 0 N–H and O–H groups in total. The normalized spacial score (nSPS) is 23.0. The summed E-state index contributed by atoms with van der Waals surface area (Å²) in [7, 11) is 0. The molecule has 1 heteroatoms. The van der Waals surface area contributed by atoms with E-state index in [9.17, 15) is 0 Å². The van der Waals surface area contributed by atoms with Gasteiger partial charge in [-0.3, -0.25) is 0 Å². The first-order chi connectivity index (χ1) is 27.2. The van der Waals surface area contributed by atoms with Gasteiger partial charge in [0.15, 0.2) is 0 Å². The Morgan fingerprint density at radius 2 is 0.982 bits per heavy atom. The van der Waals surface area contributed by atoms with Crippen LogP contribution < -0.4 is 4.90 Å². The zero-order valence-electron chi connectivity index (χ0n) is 31.0. The Kier molecular flexibility index (Phi) is 6.88. The molecule has 264 valence electrons. The summed E-state index contributed by atoms with van der Waals surface area (Å²) in [5.41, 5.74) is 15.0. The van der Waals surface area contributed by atoms with Crippen molar-refractivity contribution in [3.8, 4) is 33.4 Å². The number of hydrogen-bond donors (Lipinski definition) is 0. The highest BCUT2D eigenvalue weighted by molar-refractivity contribution is 6.08. The van der Waals surface area contributed by atoms with Crippen LogP contribution in [0.3, 0.4) is 0 Å². The SMILES string of the molecule is c1ccc(-c2ccc(N(c3ccc(-c4ccc5c(c4)C4(c6ccccc6-5)C5CC6CC(C5)CC4C6)cc3)c3cccc4ccccc34)c3ccccc23)cc1. The molecule has 5 aliphatic rings. The first-order valence-corrected chi connectivity index (χ1v) is 20.4. The van der Waals surface area contributed by atoms with Crippen LogP contribution in [0.15, 0.2) is 176 Å². The van der Waals surface area contributed by atoms with E-state index < -0.39 is 0 Å². The van der Waals surface area contributed by atoms with E-state index in [0.717, 1.165) is 29.4 Å². The monoisotopic (exact) mass is 705 g/mol. The van der Waals surface area contributed by atoms with Crippen molar-refractivity contribution >= 4 is 38.6 Å². The Bertz CT molecular complexity index is 2740. The maximum atomic E-state index is 2.62. The van der Waals surface area contributed by atoms with Crippen molar-refractivity contribution in [2.45, 2.75) is 37.5 Å². The highest BCUT2D eigenvalue weighted by Gasteiger charge is 2.61. The summed E-state index contributed by atoms with van der Waals surface area (Å²) in [5.74, 6) is 3.41. The smallest absolute Gasteiger partial charge is 0.0540 e. The number of benzene rings is 8. The maximum absolute atomic E-state index is 2.62. The molecule has 4 fully saturated rings. The molecule has 8 aromatic rings. The van der Waals surface area contributed by atoms with Crippen LogP contribution in [0.5, 0.6) is 0 Å². The molecule has 0 aliphatic heterocycles. The van der Waals surface area contributed by atoms with Crippen molar-refractivity contribution in [3.05, 3.63) is 187 Å². The van der Waals surface area contributed by atoms with Crippen LogP contribution in [0.25, 0.3) is 54.9 Å². The number of rotatable bonds is 5. The fraction of sp³-hybridized carbons (Fsp3) is 0.185. The molecule has 1 nitrogen and oxygen atoms in total. The molecule has 0 aromatic heterocycles. The quantitative estimate of drug-likeness (QED) is 0.172. The van der Waals surface area contributed by atoms with E-state index in [1.165, 1.54) is 98.4 Å². The fourth-order valence-electron chi connectivity index (χ4n) is 12.3. The second kappa shape index (κ2) is 12.0. The number of fused-ring (bicyclic) bond motifs is 5. The number of nitrogens with zero attached hydrogens (tertiary/aromatic N) is 1. The first-order valence-electron chi connectivity index (χ1n) is 20.4. The summed E-state index contributed by atoms with van der Waals surface area (Å²) in [6.45, 7) is 0. The Morgan fingerprint density at radius 3 is 1.78 bits per heavy atom. The molecule has 1 spiro atoms. The lowest BCUT2D eigenvalue weighted by atomic mass is 9.43. The van der Waals surface area contributed by atoms with Gasteiger partial charge in [0.25, 0.3) is 0 Å². The van der Waals surface area contributed by atoms with Gasteiger partial charge in [-0.15, -0.1) is 0 Å². The van der Waals surface area contributed by atoms with Gasteiger partial charge < -0.3 is 4.90 Å². The van der Waals surface area contributed by atoms with Crippen molar-refractivity contribution in [2.24, 2.45) is 23.7 Å². The van der Waals surface area contributed by atoms with Gasteiger partial charge in [0.1, 0.15) is 0 Å². The lowest BCUT2D eigenvalue weighted by Gasteiger charge is -2.61. The third-order valence-corrected chi connectivity index (χ3v) is 14.2. The Morgan fingerprint density at radius 1 is 0.382 bits per heavy atom. The van der Waals surface area contributed by atoms with Crippen LogP contribution in [0.1, 0.15) is 43.2 Å². The topological polar surface area (TPSA) is 3.24 Å². The van der Waals surface area contributed by atoms with E-state index in [1.54, 1.807) is 11.1 Å². The molecule has 0 unspecified atom stereocenters. The average Bonchev–Trinajstić information content (AvgIpc) is 3.53. The third-order valence-electron chi connectivity index (χ3n) is 14.2. The van der Waals surface area contributed by atoms with Crippen LogP contribution >= 0.6 is 0 Å². The van der Waals surface area contributed by atoms with Crippen molar-refractivity contribution in [2.75, 3.05) is 4.90 Å². The highest BCUT2D eigenvalue weighted by atomic mass is 15.1. The second-order valence-electron chi connectivity index (χ2n) is 16.9. The third kappa shape index (κ3) is 4.59. The first kappa shape index (κ1) is 31.4. The fourth-order valence-corrected chi connectivity index (χ4v) is 12.3. The summed E-state index contributed by atoms with van der Waals surface area (Å²) in [6.07, 6.45) is 7.11. The van der Waals surface area contributed by atoms with Crippen LogP contribution in [0, 0.1) is 23.7 Å². The zero-order valence-corrected chi connectivity index (χ0v) is 31.0. The minimum Gasteiger partial charge on any atom is -0.309 e. The molecule has 13 rings (SSSR count). The van der Waals surface area contributed by atoms with Crippen molar-refractivity contribution in [3.63, 3.8) is 0 Å². The molecule has 0 heterocycles. The van der Waals surface area contributed by atoms with Gasteiger partial charge in [-0.1, -0.05) is 146 Å². The Balaban J connectivity index is 1.000. The summed E-state index contributed by atoms with van der Waals surface area (Å²) in [6, 6.07) is 66.1. The molecule has 4 bridgehead atoms. The minimum absolute atomic E-state index is 0.174. The zero-order chi connectivity index (χ0) is 36.1. The molecular formula is C54H43N. The molecule has 0 amide bonds. The van der Waals surface area contributed by atoms with Gasteiger partial charge in [-0.05, 0) is 141 Å². The molecule has 5 aliphatic carbocycles. The van der Waals surface area contributed by atoms with E-state index in [1.807, 2.05) is 0 Å². The van der Waals surface area contributed by atoms with E-state index in [4.69, 9.17) is 0 Å². The van der Waals surface area contributed by atoms with E-state index in [-0.39, 0.29) is 5.41 Å². The summed E-state index contributed by atoms with van der Waals surface area (Å²) in [5, 5.41) is 4.97. The molecule has 55 heavy (non-hydrogen) atoms. The lowest BCUT2D eigenvalue weighted by Crippen LogP contribution is -2.55. The summed E-state index contributed by atoms with van der Waals surface area (Å²) >= 11 is 0. The largest absolute Gasteiger partial charge is 0.309 e. The molecule has 4 saturated carbocycles. The molecule has 0 saturated heterocycles. The van der Waals surface area contributed by atoms with Crippen LogP contribution in [-0.4, -0.2) is 0 Å². The molecule has 8 aromatic carbocycles. The van der Waals surface area contributed by atoms with Crippen molar-refractivity contribution < 1.29 is 0 Å². The average molecular weight is 706 g/mol. The van der Waals surface area contributed by atoms with Gasteiger partial charge in [0.05, 0.1) is 11.4 Å². The Hall–Kier alpha value is -5.92. The standard InChI is InChI=1S/C54H43N/c1-2-11-38(12-3-1)44-27-28-53(49-18-7-6-16-46(44)49)55(52-20-10-14-39-13-4-5-15-45(39)52)43-24-21-37(22-25-43)40-23-26-48-47-17-8-9-19-50(47)54(51(48)34-40)41-30-35-29-36(32-41)33-42(54)31-35/h1-28,34-36,41-42H,29-33H2. The van der Waals surface area contributed by atoms with Crippen molar-refractivity contribution in [1.82, 2.24) is 0 Å². The van der Waals surface area contributed by atoms with Crippen LogP contribution in [0.4, 0.5) is 17.1 Å². The molecular weight excluding hydrogens is 663 g/mol. The van der Waals surface area contributed by atoms with Gasteiger partial charge >= 0.3 is 0 Å². The van der Waals surface area contributed by atoms with E-state index >= 15 is 0 Å². The van der Waals surface area contributed by atoms with Crippen LogP contribution in [0.2, 0.25) is 0 Å². The van der Waals surface area contributed by atoms with Gasteiger partial charge in [-0.25, -0.2) is 0 Å². The van der Waals surface area contributed by atoms with Gasteiger partial charge in [0, 0.05) is 21.9 Å². The maximum Gasteiger partial charge on any atom is 0.0540 e. The molecule has 0 atom stereocenters. The van der Waals surface area contributed by atoms with Gasteiger partial charge in [-0.2, -0.15) is 0 Å². The van der Waals surface area contributed by atoms with Crippen molar-refractivity contribution in [1.29, 1.82) is 0 Å². The van der Waals surface area contributed by atoms with E-state index in [2.05, 4.69) is 181 Å².